The maximum atomic E-state index is 12.8. The minimum Gasteiger partial charge on any atom is -0.368 e. The first-order valence-corrected chi connectivity index (χ1v) is 9.09. The highest BCUT2D eigenvalue weighted by atomic mass is 35.5. The van der Waals surface area contributed by atoms with Crippen LogP contribution >= 0.6 is 11.6 Å². The molecule has 3 rings (SSSR count). The van der Waals surface area contributed by atoms with E-state index in [0.29, 0.717) is 40.1 Å². The number of nitrogens with two attached hydrogens (primary N) is 1. The Balaban J connectivity index is 2.12. The summed E-state index contributed by atoms with van der Waals surface area (Å²) in [5.74, 6) is 0.376. The molecule has 0 aliphatic rings. The number of aromatic amines is 1. The van der Waals surface area contributed by atoms with Crippen LogP contribution in [0.25, 0.3) is 22.6 Å². The van der Waals surface area contributed by atoms with Crippen molar-refractivity contribution in [2.45, 2.75) is 20.8 Å². The molecular formula is C20H22ClN5O. The summed E-state index contributed by atoms with van der Waals surface area (Å²) in [5, 5.41) is 3.57. The van der Waals surface area contributed by atoms with Crippen LogP contribution in [0.3, 0.4) is 0 Å². The Morgan fingerprint density at radius 2 is 2.07 bits per heavy atom. The second kappa shape index (κ2) is 7.80. The number of anilines is 1. The van der Waals surface area contributed by atoms with Crippen LogP contribution in [-0.4, -0.2) is 27.4 Å². The molecule has 3 aromatic rings. The normalized spacial score (nSPS) is 11.0. The standard InChI is InChI=1S/C20H22ClN5O/c1-11(2)10-24-19(27)15-9-17(16-6-7-23-20(22)26-16)25-18(15)14-8-13(21)5-4-12(14)3/h4-9,11,25H,10H2,1-3H3,(H,24,27)(H2,22,23,26). The van der Waals surface area contributed by atoms with Crippen molar-refractivity contribution < 1.29 is 4.79 Å². The van der Waals surface area contributed by atoms with E-state index in [1.807, 2.05) is 25.1 Å². The molecule has 0 radical (unpaired) electrons. The summed E-state index contributed by atoms with van der Waals surface area (Å²) in [7, 11) is 0. The van der Waals surface area contributed by atoms with Gasteiger partial charge in [0, 0.05) is 23.3 Å². The first-order chi connectivity index (χ1) is 12.8. The van der Waals surface area contributed by atoms with E-state index in [1.165, 1.54) is 0 Å². The number of carbonyl (C=O) groups is 1. The Kier molecular flexibility index (Phi) is 5.46. The van der Waals surface area contributed by atoms with E-state index in [4.69, 9.17) is 17.3 Å². The quantitative estimate of drug-likeness (QED) is 0.618. The number of carbonyl (C=O) groups excluding carboxylic acids is 1. The predicted octanol–water partition coefficient (Wildman–Crippen LogP) is 4.07. The third-order valence-corrected chi connectivity index (χ3v) is 4.39. The highest BCUT2D eigenvalue weighted by Crippen LogP contribution is 2.32. The average Bonchev–Trinajstić information content (AvgIpc) is 3.07. The van der Waals surface area contributed by atoms with Crippen molar-refractivity contribution in [2.24, 2.45) is 5.92 Å². The van der Waals surface area contributed by atoms with E-state index in [1.54, 1.807) is 18.3 Å². The van der Waals surface area contributed by atoms with Gasteiger partial charge in [0.05, 0.1) is 22.6 Å². The van der Waals surface area contributed by atoms with Crippen molar-refractivity contribution >= 4 is 23.5 Å². The number of rotatable bonds is 5. The molecule has 7 heteroatoms. The topological polar surface area (TPSA) is 96.7 Å². The van der Waals surface area contributed by atoms with Crippen molar-refractivity contribution in [3.8, 4) is 22.6 Å². The molecule has 2 aromatic heterocycles. The lowest BCUT2D eigenvalue weighted by molar-refractivity contribution is 0.0950. The number of nitrogens with one attached hydrogen (secondary N) is 2. The van der Waals surface area contributed by atoms with E-state index < -0.39 is 0 Å². The molecular weight excluding hydrogens is 362 g/mol. The van der Waals surface area contributed by atoms with Gasteiger partial charge in [0.15, 0.2) is 0 Å². The highest BCUT2D eigenvalue weighted by Gasteiger charge is 2.20. The Labute approximate surface area is 163 Å². The summed E-state index contributed by atoms with van der Waals surface area (Å²) in [6.45, 7) is 6.67. The van der Waals surface area contributed by atoms with Crippen LogP contribution in [0.1, 0.15) is 29.8 Å². The molecule has 1 aromatic carbocycles. The molecule has 6 nitrogen and oxygen atoms in total. The van der Waals surface area contributed by atoms with Crippen LogP contribution in [0.15, 0.2) is 36.5 Å². The number of amides is 1. The summed E-state index contributed by atoms with van der Waals surface area (Å²) in [4.78, 5) is 24.3. The highest BCUT2D eigenvalue weighted by molar-refractivity contribution is 6.31. The van der Waals surface area contributed by atoms with Gasteiger partial charge in [-0.1, -0.05) is 31.5 Å². The predicted molar refractivity (Wildman–Crippen MR) is 109 cm³/mol. The van der Waals surface area contributed by atoms with Crippen LogP contribution in [-0.2, 0) is 0 Å². The number of nitrogens with zero attached hydrogens (tertiary/aromatic N) is 2. The fraction of sp³-hybridized carbons (Fsp3) is 0.250. The molecule has 0 unspecified atom stereocenters. The molecule has 0 saturated carbocycles. The molecule has 27 heavy (non-hydrogen) atoms. The lowest BCUT2D eigenvalue weighted by Gasteiger charge is -2.10. The second-order valence-corrected chi connectivity index (χ2v) is 7.27. The Hall–Kier alpha value is -2.86. The zero-order chi connectivity index (χ0) is 19.6. The maximum absolute atomic E-state index is 12.8. The lowest BCUT2D eigenvalue weighted by Crippen LogP contribution is -2.27. The molecule has 0 fully saturated rings. The Morgan fingerprint density at radius 1 is 1.30 bits per heavy atom. The van der Waals surface area contributed by atoms with Gasteiger partial charge in [-0.05, 0) is 42.7 Å². The number of aryl methyl sites for hydroxylation is 1. The first-order valence-electron chi connectivity index (χ1n) is 8.71. The van der Waals surface area contributed by atoms with Crippen molar-refractivity contribution in [3.63, 3.8) is 0 Å². The largest absolute Gasteiger partial charge is 0.368 e. The molecule has 4 N–H and O–H groups in total. The molecule has 1 amide bonds. The number of H-pyrrole nitrogens is 1. The van der Waals surface area contributed by atoms with Gasteiger partial charge in [-0.25, -0.2) is 9.97 Å². The summed E-state index contributed by atoms with van der Waals surface area (Å²) in [6.07, 6.45) is 1.58. The number of hydrogen-bond donors (Lipinski definition) is 3. The van der Waals surface area contributed by atoms with Crippen molar-refractivity contribution in [3.05, 3.63) is 52.7 Å². The lowest BCUT2D eigenvalue weighted by atomic mass is 10.0. The second-order valence-electron chi connectivity index (χ2n) is 6.83. The fourth-order valence-electron chi connectivity index (χ4n) is 2.76. The number of halogens is 1. The summed E-state index contributed by atoms with van der Waals surface area (Å²) in [6, 6.07) is 9.13. The van der Waals surface area contributed by atoms with Gasteiger partial charge in [0.25, 0.3) is 5.91 Å². The zero-order valence-corrected chi connectivity index (χ0v) is 16.3. The minimum atomic E-state index is -0.150. The van der Waals surface area contributed by atoms with Gasteiger partial charge in [-0.15, -0.1) is 0 Å². The average molecular weight is 384 g/mol. The third-order valence-electron chi connectivity index (χ3n) is 4.15. The van der Waals surface area contributed by atoms with Gasteiger partial charge in [-0.2, -0.15) is 0 Å². The first kappa shape index (κ1) is 18.9. The monoisotopic (exact) mass is 383 g/mol. The minimum absolute atomic E-state index is 0.150. The van der Waals surface area contributed by atoms with Gasteiger partial charge >= 0.3 is 0 Å². The molecule has 0 aliphatic carbocycles. The van der Waals surface area contributed by atoms with Gasteiger partial charge in [0.1, 0.15) is 0 Å². The van der Waals surface area contributed by atoms with Gasteiger partial charge in [-0.3, -0.25) is 4.79 Å². The van der Waals surface area contributed by atoms with E-state index in [-0.39, 0.29) is 11.9 Å². The van der Waals surface area contributed by atoms with Crippen LogP contribution < -0.4 is 11.1 Å². The number of aromatic nitrogens is 3. The van der Waals surface area contributed by atoms with Gasteiger partial charge < -0.3 is 16.0 Å². The van der Waals surface area contributed by atoms with E-state index in [2.05, 4.69) is 34.1 Å². The third kappa shape index (κ3) is 4.28. The molecule has 140 valence electrons. The van der Waals surface area contributed by atoms with Crippen molar-refractivity contribution in [1.82, 2.24) is 20.3 Å². The maximum Gasteiger partial charge on any atom is 0.253 e. The summed E-state index contributed by atoms with van der Waals surface area (Å²) >= 11 is 6.19. The smallest absolute Gasteiger partial charge is 0.253 e. The van der Waals surface area contributed by atoms with Crippen molar-refractivity contribution in [2.75, 3.05) is 12.3 Å². The number of hydrogen-bond acceptors (Lipinski definition) is 4. The van der Waals surface area contributed by atoms with Crippen LogP contribution in [0.4, 0.5) is 5.95 Å². The fourth-order valence-corrected chi connectivity index (χ4v) is 2.94. The van der Waals surface area contributed by atoms with Gasteiger partial charge in [0.2, 0.25) is 5.95 Å². The molecule has 2 heterocycles. The summed E-state index contributed by atoms with van der Waals surface area (Å²) < 4.78 is 0. The summed E-state index contributed by atoms with van der Waals surface area (Å²) in [5.41, 5.74) is 10.1. The van der Waals surface area contributed by atoms with E-state index in [0.717, 1.165) is 11.1 Å². The molecule has 0 atom stereocenters. The molecule has 0 bridgehead atoms. The van der Waals surface area contributed by atoms with E-state index >= 15 is 0 Å². The van der Waals surface area contributed by atoms with Crippen LogP contribution in [0, 0.1) is 12.8 Å². The molecule has 0 spiro atoms. The SMILES string of the molecule is Cc1ccc(Cl)cc1-c1[nH]c(-c2ccnc(N)n2)cc1C(=O)NCC(C)C. The van der Waals surface area contributed by atoms with Crippen molar-refractivity contribution in [1.29, 1.82) is 0 Å². The molecule has 0 saturated heterocycles. The van der Waals surface area contributed by atoms with Crippen LogP contribution in [0.5, 0.6) is 0 Å². The van der Waals surface area contributed by atoms with Crippen LogP contribution in [0.2, 0.25) is 5.02 Å². The number of benzene rings is 1. The zero-order valence-electron chi connectivity index (χ0n) is 15.5. The number of nitrogen functional groups attached to an aromatic ring is 1. The Morgan fingerprint density at radius 3 is 2.78 bits per heavy atom. The Bertz CT molecular complexity index is 980. The molecule has 0 aliphatic heterocycles. The van der Waals surface area contributed by atoms with E-state index in [9.17, 15) is 4.79 Å².